The quantitative estimate of drug-likeness (QED) is 0.332. The van der Waals surface area contributed by atoms with Gasteiger partial charge < -0.3 is 27.0 Å². The largest absolute Gasteiger partial charge is 0.480 e. The van der Waals surface area contributed by atoms with E-state index < -0.39 is 53.5 Å². The standard InChI is InChI=1S/C21H23F2N5O5/c22-14-3-2-13(6-15(14)23)21(19(25)32,28-9-12(10-29)5-16(28)18(30)31)20(33)27-8-11-1-4-17(24)26-7-11/h1-4,6-7,12,16,29H,5,8-10H2,(H2,24,26)(H2,25,32)(H,27,33)(H,30,31)/t12-,16-,21+/m1/s1. The molecular formula is C21H23F2N5O5. The number of primary amides is 1. The molecule has 0 saturated carbocycles. The van der Waals surface area contributed by atoms with Crippen LogP contribution in [0, 0.1) is 17.6 Å². The summed E-state index contributed by atoms with van der Waals surface area (Å²) in [5.74, 6) is -6.61. The molecule has 12 heteroatoms. The molecule has 0 aliphatic carbocycles. The van der Waals surface area contributed by atoms with E-state index in [0.717, 1.165) is 17.0 Å². The Labute approximate surface area is 187 Å². The molecule has 0 bridgehead atoms. The van der Waals surface area contributed by atoms with E-state index in [4.69, 9.17) is 11.5 Å². The number of carbonyl (C=O) groups is 3. The number of rotatable bonds is 8. The molecule has 0 spiro atoms. The monoisotopic (exact) mass is 463 g/mol. The highest BCUT2D eigenvalue weighted by Gasteiger charge is 2.57. The molecule has 0 unspecified atom stereocenters. The number of nitrogens with one attached hydrogen (secondary N) is 1. The number of carboxylic acid groups (broad SMARTS) is 1. The first kappa shape index (κ1) is 24.0. The number of amides is 2. The number of aliphatic hydroxyl groups excluding tert-OH is 1. The lowest BCUT2D eigenvalue weighted by molar-refractivity contribution is -0.153. The number of nitrogens with two attached hydrogens (primary N) is 2. The van der Waals surface area contributed by atoms with E-state index in [1.807, 2.05) is 0 Å². The van der Waals surface area contributed by atoms with Crippen LogP contribution in [0.1, 0.15) is 17.5 Å². The molecule has 2 heterocycles. The fraction of sp³-hybridized carbons (Fsp3) is 0.333. The van der Waals surface area contributed by atoms with E-state index in [0.29, 0.717) is 11.6 Å². The van der Waals surface area contributed by atoms with Crippen LogP contribution in [0.25, 0.3) is 0 Å². The van der Waals surface area contributed by atoms with Crippen molar-refractivity contribution in [3.8, 4) is 0 Å². The zero-order chi connectivity index (χ0) is 24.3. The normalized spacial score (nSPS) is 20.2. The number of likely N-dealkylation sites (tertiary alicyclic amines) is 1. The van der Waals surface area contributed by atoms with Gasteiger partial charge in [-0.15, -0.1) is 0 Å². The van der Waals surface area contributed by atoms with Gasteiger partial charge in [-0.3, -0.25) is 19.3 Å². The summed E-state index contributed by atoms with van der Waals surface area (Å²) in [4.78, 5) is 43.3. The highest BCUT2D eigenvalue weighted by atomic mass is 19.2. The highest BCUT2D eigenvalue weighted by molar-refractivity contribution is 6.10. The molecule has 1 aromatic carbocycles. The van der Waals surface area contributed by atoms with Crippen LogP contribution in [0.3, 0.4) is 0 Å². The summed E-state index contributed by atoms with van der Waals surface area (Å²) >= 11 is 0. The molecule has 3 rings (SSSR count). The second-order valence-corrected chi connectivity index (χ2v) is 7.77. The SMILES string of the molecule is NC(=O)[C@](C(=O)NCc1ccc(N)nc1)(c1ccc(F)c(F)c1)N1C[C@H](CO)C[C@@H]1C(=O)O. The van der Waals surface area contributed by atoms with Crippen LogP contribution in [-0.2, 0) is 26.5 Å². The van der Waals surface area contributed by atoms with Gasteiger partial charge >= 0.3 is 5.97 Å². The second-order valence-electron chi connectivity index (χ2n) is 7.77. The van der Waals surface area contributed by atoms with E-state index >= 15 is 0 Å². The number of aromatic nitrogens is 1. The molecule has 1 aliphatic heterocycles. The maximum atomic E-state index is 14.2. The topological polar surface area (TPSA) is 172 Å². The molecule has 33 heavy (non-hydrogen) atoms. The van der Waals surface area contributed by atoms with Crippen LogP contribution in [0.15, 0.2) is 36.5 Å². The number of aliphatic hydroxyl groups is 1. The number of aliphatic carboxylic acids is 1. The number of benzene rings is 1. The number of anilines is 1. The minimum atomic E-state index is -2.50. The summed E-state index contributed by atoms with van der Waals surface area (Å²) in [6.45, 7) is -0.752. The Morgan fingerprint density at radius 3 is 2.48 bits per heavy atom. The van der Waals surface area contributed by atoms with Gasteiger partial charge in [-0.1, -0.05) is 12.1 Å². The zero-order valence-corrected chi connectivity index (χ0v) is 17.4. The lowest BCUT2D eigenvalue weighted by Gasteiger charge is -2.40. The number of hydrogen-bond acceptors (Lipinski definition) is 7. The van der Waals surface area contributed by atoms with Crippen LogP contribution in [0.4, 0.5) is 14.6 Å². The summed E-state index contributed by atoms with van der Waals surface area (Å²) in [5, 5.41) is 21.8. The van der Waals surface area contributed by atoms with Crippen molar-refractivity contribution < 1.29 is 33.4 Å². The van der Waals surface area contributed by atoms with Crippen molar-refractivity contribution >= 4 is 23.6 Å². The summed E-state index contributed by atoms with van der Waals surface area (Å²) in [5.41, 5.74) is 8.87. The van der Waals surface area contributed by atoms with Gasteiger partial charge in [0.25, 0.3) is 11.8 Å². The van der Waals surface area contributed by atoms with Crippen molar-refractivity contribution in [3.05, 3.63) is 59.3 Å². The minimum absolute atomic E-state index is 0.0836. The maximum absolute atomic E-state index is 14.2. The molecule has 7 N–H and O–H groups in total. The Kier molecular flexibility index (Phi) is 6.89. The summed E-state index contributed by atoms with van der Waals surface area (Å²) in [6.07, 6.45) is 1.30. The summed E-state index contributed by atoms with van der Waals surface area (Å²) < 4.78 is 27.8. The number of pyridine rings is 1. The van der Waals surface area contributed by atoms with E-state index in [-0.39, 0.29) is 30.9 Å². The summed E-state index contributed by atoms with van der Waals surface area (Å²) in [7, 11) is 0. The number of hydrogen-bond donors (Lipinski definition) is 5. The average Bonchev–Trinajstić information content (AvgIpc) is 3.21. The molecule has 1 aromatic heterocycles. The number of nitrogens with zero attached hydrogens (tertiary/aromatic N) is 2. The minimum Gasteiger partial charge on any atom is -0.480 e. The van der Waals surface area contributed by atoms with Gasteiger partial charge in [-0.25, -0.2) is 13.8 Å². The lowest BCUT2D eigenvalue weighted by atomic mass is 9.84. The van der Waals surface area contributed by atoms with E-state index in [1.165, 1.54) is 12.3 Å². The van der Waals surface area contributed by atoms with Gasteiger partial charge in [-0.2, -0.15) is 0 Å². The molecule has 1 saturated heterocycles. The van der Waals surface area contributed by atoms with Crippen molar-refractivity contribution in [2.45, 2.75) is 24.5 Å². The number of halogens is 2. The Morgan fingerprint density at radius 1 is 1.21 bits per heavy atom. The first-order valence-corrected chi connectivity index (χ1v) is 9.95. The predicted molar refractivity (Wildman–Crippen MR) is 111 cm³/mol. The van der Waals surface area contributed by atoms with Crippen molar-refractivity contribution in [1.82, 2.24) is 15.2 Å². The van der Waals surface area contributed by atoms with E-state index in [9.17, 15) is 33.4 Å². The molecule has 176 valence electrons. The Balaban J connectivity index is 2.11. The Morgan fingerprint density at radius 2 is 1.94 bits per heavy atom. The zero-order valence-electron chi connectivity index (χ0n) is 17.4. The van der Waals surface area contributed by atoms with Crippen LogP contribution >= 0.6 is 0 Å². The van der Waals surface area contributed by atoms with Gasteiger partial charge in [0.2, 0.25) is 5.54 Å². The second kappa shape index (κ2) is 9.46. The first-order valence-electron chi connectivity index (χ1n) is 9.95. The first-order chi connectivity index (χ1) is 15.6. The molecule has 0 radical (unpaired) electrons. The molecule has 3 atom stereocenters. The Bertz CT molecular complexity index is 1070. The van der Waals surface area contributed by atoms with Crippen molar-refractivity contribution in [2.24, 2.45) is 11.7 Å². The van der Waals surface area contributed by atoms with Gasteiger partial charge in [0.05, 0.1) is 0 Å². The molecule has 10 nitrogen and oxygen atoms in total. The van der Waals surface area contributed by atoms with Crippen molar-refractivity contribution in [1.29, 1.82) is 0 Å². The van der Waals surface area contributed by atoms with E-state index in [1.54, 1.807) is 6.07 Å². The molecule has 1 aliphatic rings. The van der Waals surface area contributed by atoms with Crippen LogP contribution < -0.4 is 16.8 Å². The number of nitrogen functional groups attached to an aromatic ring is 1. The molecular weight excluding hydrogens is 440 g/mol. The third-order valence-electron chi connectivity index (χ3n) is 5.69. The highest BCUT2D eigenvalue weighted by Crippen LogP contribution is 2.38. The van der Waals surface area contributed by atoms with E-state index in [2.05, 4.69) is 10.3 Å². The average molecular weight is 463 g/mol. The molecule has 2 aromatic rings. The van der Waals surface area contributed by atoms with Crippen molar-refractivity contribution in [3.63, 3.8) is 0 Å². The Hall–Kier alpha value is -3.64. The fourth-order valence-electron chi connectivity index (χ4n) is 4.05. The third-order valence-corrected chi connectivity index (χ3v) is 5.69. The number of carboxylic acids is 1. The summed E-state index contributed by atoms with van der Waals surface area (Å²) in [6, 6.07) is 4.02. The third kappa shape index (κ3) is 4.47. The lowest BCUT2D eigenvalue weighted by Crippen LogP contribution is -2.65. The van der Waals surface area contributed by atoms with Gasteiger partial charge in [0, 0.05) is 25.9 Å². The number of carbonyl (C=O) groups excluding carboxylic acids is 2. The van der Waals surface area contributed by atoms with Crippen LogP contribution in [0.2, 0.25) is 0 Å². The fourth-order valence-corrected chi connectivity index (χ4v) is 4.05. The van der Waals surface area contributed by atoms with Crippen LogP contribution in [0.5, 0.6) is 0 Å². The van der Waals surface area contributed by atoms with Gasteiger partial charge in [0.15, 0.2) is 11.6 Å². The predicted octanol–water partition coefficient (Wildman–Crippen LogP) is -0.294. The van der Waals surface area contributed by atoms with Crippen LogP contribution in [-0.4, -0.2) is 57.1 Å². The molecule has 2 amide bonds. The smallest absolute Gasteiger partial charge is 0.320 e. The van der Waals surface area contributed by atoms with Gasteiger partial charge in [0.1, 0.15) is 11.9 Å². The van der Waals surface area contributed by atoms with Gasteiger partial charge in [-0.05, 0) is 41.7 Å². The molecule has 1 fully saturated rings. The maximum Gasteiger partial charge on any atom is 0.320 e. The van der Waals surface area contributed by atoms with Crippen molar-refractivity contribution in [2.75, 3.05) is 18.9 Å².